The van der Waals surface area contributed by atoms with Crippen LogP contribution in [0.15, 0.2) is 44.3 Å². The van der Waals surface area contributed by atoms with Gasteiger partial charge >= 0.3 is 0 Å². The molecule has 1 saturated heterocycles. The summed E-state index contributed by atoms with van der Waals surface area (Å²) >= 11 is 1.59. The van der Waals surface area contributed by atoms with Gasteiger partial charge in [0.25, 0.3) is 0 Å². The predicted molar refractivity (Wildman–Crippen MR) is 111 cm³/mol. The first-order valence-electron chi connectivity index (χ1n) is 10.1. The van der Waals surface area contributed by atoms with Gasteiger partial charge in [0.05, 0.1) is 4.90 Å². The van der Waals surface area contributed by atoms with Crippen LogP contribution in [-0.4, -0.2) is 36.0 Å². The predicted octanol–water partition coefficient (Wildman–Crippen LogP) is 4.25. The number of sulfonamides is 1. The Morgan fingerprint density at radius 2 is 1.83 bits per heavy atom. The summed E-state index contributed by atoms with van der Waals surface area (Å²) in [5.74, 6) is 1.24. The van der Waals surface area contributed by atoms with Gasteiger partial charge in [-0.25, -0.2) is 8.42 Å². The summed E-state index contributed by atoms with van der Waals surface area (Å²) in [5.41, 5.74) is 3.42. The molecule has 152 valence electrons. The lowest BCUT2D eigenvalue weighted by molar-refractivity contribution is 0.291. The third-order valence-corrected chi connectivity index (χ3v) is 8.55. The van der Waals surface area contributed by atoms with E-state index in [1.165, 1.54) is 17.5 Å². The van der Waals surface area contributed by atoms with Gasteiger partial charge in [0.2, 0.25) is 21.8 Å². The van der Waals surface area contributed by atoms with Gasteiger partial charge < -0.3 is 4.42 Å². The average molecular weight is 430 g/mol. The maximum absolute atomic E-state index is 13.2. The average Bonchev–Trinajstić information content (AvgIpc) is 3.45. The van der Waals surface area contributed by atoms with Gasteiger partial charge in [0, 0.05) is 30.0 Å². The van der Waals surface area contributed by atoms with E-state index >= 15 is 0 Å². The second-order valence-electron chi connectivity index (χ2n) is 7.77. The standard InChI is InChI=1S/C21H23N3O3S2/c25-29(26,19-6-5-15-3-1-2-4-17(15)13-19)24-10-7-16(8-11-24)20-22-23-21(27-20)18-9-12-28-14-18/h5-6,9,12-14,16H,1-4,7-8,10-11H2. The van der Waals surface area contributed by atoms with Crippen molar-refractivity contribution in [3.8, 4) is 11.5 Å². The monoisotopic (exact) mass is 429 g/mol. The maximum atomic E-state index is 13.2. The lowest BCUT2D eigenvalue weighted by Crippen LogP contribution is -2.38. The van der Waals surface area contributed by atoms with E-state index in [0.29, 0.717) is 42.6 Å². The molecule has 0 unspecified atom stereocenters. The molecule has 0 atom stereocenters. The van der Waals surface area contributed by atoms with E-state index in [1.54, 1.807) is 21.7 Å². The Morgan fingerprint density at radius 3 is 2.59 bits per heavy atom. The molecule has 0 saturated carbocycles. The van der Waals surface area contributed by atoms with E-state index in [4.69, 9.17) is 4.42 Å². The van der Waals surface area contributed by atoms with Crippen LogP contribution in [0.3, 0.4) is 0 Å². The van der Waals surface area contributed by atoms with Crippen LogP contribution in [0.4, 0.5) is 0 Å². The number of aryl methyl sites for hydroxylation is 2. The minimum absolute atomic E-state index is 0.102. The number of hydrogen-bond acceptors (Lipinski definition) is 6. The number of hydrogen-bond donors (Lipinski definition) is 0. The van der Waals surface area contributed by atoms with Gasteiger partial charge in [-0.2, -0.15) is 15.6 Å². The number of benzene rings is 1. The van der Waals surface area contributed by atoms with Crippen LogP contribution in [0.5, 0.6) is 0 Å². The minimum Gasteiger partial charge on any atom is -0.420 e. The molecule has 1 aromatic carbocycles. The van der Waals surface area contributed by atoms with Gasteiger partial charge in [-0.3, -0.25) is 0 Å². The molecular weight excluding hydrogens is 406 g/mol. The van der Waals surface area contributed by atoms with Crippen LogP contribution in [0.25, 0.3) is 11.5 Å². The van der Waals surface area contributed by atoms with Crippen LogP contribution < -0.4 is 0 Å². The van der Waals surface area contributed by atoms with Crippen molar-refractivity contribution in [3.63, 3.8) is 0 Å². The molecule has 2 aromatic heterocycles. The summed E-state index contributed by atoms with van der Waals surface area (Å²) in [6.07, 6.45) is 5.74. The summed E-state index contributed by atoms with van der Waals surface area (Å²) < 4.78 is 33.8. The fraction of sp³-hybridized carbons (Fsp3) is 0.429. The first-order chi connectivity index (χ1) is 14.1. The van der Waals surface area contributed by atoms with Crippen molar-refractivity contribution in [3.05, 3.63) is 52.0 Å². The molecule has 29 heavy (non-hydrogen) atoms. The highest BCUT2D eigenvalue weighted by Gasteiger charge is 2.32. The van der Waals surface area contributed by atoms with Gasteiger partial charge in [0.15, 0.2) is 0 Å². The van der Waals surface area contributed by atoms with Crippen LogP contribution in [0, 0.1) is 0 Å². The number of aromatic nitrogens is 2. The van der Waals surface area contributed by atoms with Crippen LogP contribution in [0.1, 0.15) is 48.6 Å². The molecule has 0 radical (unpaired) electrons. The topological polar surface area (TPSA) is 76.3 Å². The minimum atomic E-state index is -3.46. The SMILES string of the molecule is O=S(=O)(c1ccc2c(c1)CCCC2)N1CCC(c2nnc(-c3ccsc3)o2)CC1. The summed E-state index contributed by atoms with van der Waals surface area (Å²) in [7, 11) is -3.46. The molecule has 0 N–H and O–H groups in total. The van der Waals surface area contributed by atoms with E-state index in [-0.39, 0.29) is 5.92 Å². The Balaban J connectivity index is 1.29. The van der Waals surface area contributed by atoms with Gasteiger partial charge in [-0.1, -0.05) is 6.07 Å². The second kappa shape index (κ2) is 7.66. The van der Waals surface area contributed by atoms with Crippen LogP contribution in [0.2, 0.25) is 0 Å². The molecule has 1 aliphatic heterocycles. The first kappa shape index (κ1) is 19.0. The highest BCUT2D eigenvalue weighted by molar-refractivity contribution is 7.89. The molecule has 3 aromatic rings. The highest BCUT2D eigenvalue weighted by Crippen LogP contribution is 2.33. The summed E-state index contributed by atoms with van der Waals surface area (Å²) in [6, 6.07) is 7.62. The zero-order chi connectivity index (χ0) is 19.8. The Labute approximate surface area is 174 Å². The molecular formula is C21H23N3O3S2. The number of nitrogens with zero attached hydrogens (tertiary/aromatic N) is 3. The van der Waals surface area contributed by atoms with E-state index in [2.05, 4.69) is 10.2 Å². The molecule has 1 aliphatic carbocycles. The van der Waals surface area contributed by atoms with Crippen LogP contribution >= 0.6 is 11.3 Å². The van der Waals surface area contributed by atoms with Gasteiger partial charge in [-0.15, -0.1) is 10.2 Å². The Morgan fingerprint density at radius 1 is 1.03 bits per heavy atom. The molecule has 1 fully saturated rings. The van der Waals surface area contributed by atoms with Crippen molar-refractivity contribution in [2.24, 2.45) is 0 Å². The molecule has 0 bridgehead atoms. The van der Waals surface area contributed by atoms with E-state index in [9.17, 15) is 8.42 Å². The van der Waals surface area contributed by atoms with Crippen molar-refractivity contribution >= 4 is 21.4 Å². The molecule has 3 heterocycles. The number of rotatable bonds is 4. The number of thiophene rings is 1. The smallest absolute Gasteiger partial charge is 0.248 e. The largest absolute Gasteiger partial charge is 0.420 e. The zero-order valence-electron chi connectivity index (χ0n) is 16.1. The van der Waals surface area contributed by atoms with Crippen molar-refractivity contribution in [2.45, 2.75) is 49.3 Å². The zero-order valence-corrected chi connectivity index (χ0v) is 17.7. The summed E-state index contributed by atoms with van der Waals surface area (Å²) in [5, 5.41) is 12.3. The number of piperidine rings is 1. The number of fused-ring (bicyclic) bond motifs is 1. The first-order valence-corrected chi connectivity index (χ1v) is 12.5. The molecule has 2 aliphatic rings. The second-order valence-corrected chi connectivity index (χ2v) is 10.5. The Hall–Kier alpha value is -2.03. The fourth-order valence-corrected chi connectivity index (χ4v) is 6.42. The summed E-state index contributed by atoms with van der Waals surface area (Å²) in [4.78, 5) is 0.425. The van der Waals surface area contributed by atoms with Crippen molar-refractivity contribution in [2.75, 3.05) is 13.1 Å². The molecule has 5 rings (SSSR count). The third-order valence-electron chi connectivity index (χ3n) is 5.97. The summed E-state index contributed by atoms with van der Waals surface area (Å²) in [6.45, 7) is 0.945. The molecule has 6 nitrogen and oxygen atoms in total. The van der Waals surface area contributed by atoms with E-state index in [1.807, 2.05) is 29.0 Å². The van der Waals surface area contributed by atoms with Gasteiger partial charge in [-0.05, 0) is 73.2 Å². The normalized spacial score (nSPS) is 18.6. The lowest BCUT2D eigenvalue weighted by atomic mass is 9.92. The van der Waals surface area contributed by atoms with E-state index < -0.39 is 10.0 Å². The molecule has 0 spiro atoms. The fourth-order valence-electron chi connectivity index (χ4n) is 4.26. The maximum Gasteiger partial charge on any atom is 0.248 e. The molecule has 8 heteroatoms. The van der Waals surface area contributed by atoms with Crippen molar-refractivity contribution in [1.82, 2.24) is 14.5 Å². The highest BCUT2D eigenvalue weighted by atomic mass is 32.2. The quantitative estimate of drug-likeness (QED) is 0.620. The Bertz CT molecular complexity index is 1100. The van der Waals surface area contributed by atoms with Crippen LogP contribution in [-0.2, 0) is 22.9 Å². The molecule has 0 amide bonds. The van der Waals surface area contributed by atoms with Crippen molar-refractivity contribution in [1.29, 1.82) is 0 Å². The van der Waals surface area contributed by atoms with Crippen molar-refractivity contribution < 1.29 is 12.8 Å². The third kappa shape index (κ3) is 3.65. The lowest BCUT2D eigenvalue weighted by Gasteiger charge is -2.30. The Kier molecular flexibility index (Phi) is 5.01. The van der Waals surface area contributed by atoms with E-state index in [0.717, 1.165) is 24.8 Å². The van der Waals surface area contributed by atoms with Gasteiger partial charge in [0.1, 0.15) is 0 Å².